The number of nitrogens with zero attached hydrogens (tertiary/aromatic N) is 4. The van der Waals surface area contributed by atoms with E-state index in [1.165, 1.54) is 45.3 Å². The molecule has 0 spiro atoms. The van der Waals surface area contributed by atoms with E-state index in [2.05, 4.69) is 37.8 Å². The number of aromatic amines is 1. The monoisotopic (exact) mass is 238 g/mol. The second-order valence-corrected chi connectivity index (χ2v) is 4.68. The molecular weight excluding hydrogens is 216 g/mol. The summed E-state index contributed by atoms with van der Waals surface area (Å²) in [7, 11) is 0. The molecule has 17 heavy (non-hydrogen) atoms. The third-order valence-electron chi connectivity index (χ3n) is 3.30. The number of likely N-dealkylation sites (tertiary alicyclic amines) is 1. The van der Waals surface area contributed by atoms with E-state index >= 15 is 0 Å². The van der Waals surface area contributed by atoms with Crippen LogP contribution in [0.3, 0.4) is 0 Å². The molecule has 0 radical (unpaired) electrons. The summed E-state index contributed by atoms with van der Waals surface area (Å²) in [6.45, 7) is 6.65. The van der Waals surface area contributed by atoms with Gasteiger partial charge in [0.1, 0.15) is 0 Å². The summed E-state index contributed by atoms with van der Waals surface area (Å²) in [6.07, 6.45) is 5.00. The first kappa shape index (κ1) is 12.4. The highest BCUT2D eigenvalue weighted by Crippen LogP contribution is 2.11. The number of aromatic nitrogens is 4. The minimum Gasteiger partial charge on any atom is -0.307 e. The van der Waals surface area contributed by atoms with Crippen LogP contribution in [0.15, 0.2) is 0 Å². The first-order chi connectivity index (χ1) is 8.38. The molecule has 0 amide bonds. The molecule has 0 aromatic carbocycles. The van der Waals surface area contributed by atoms with Crippen LogP contribution in [0, 0.1) is 0 Å². The van der Waals surface area contributed by atoms with Crippen LogP contribution in [0.25, 0.3) is 0 Å². The van der Waals surface area contributed by atoms with Gasteiger partial charge in [-0.25, -0.2) is 0 Å². The zero-order chi connectivity index (χ0) is 11.9. The summed E-state index contributed by atoms with van der Waals surface area (Å²) in [6, 6.07) is 0.593. The van der Waals surface area contributed by atoms with E-state index < -0.39 is 0 Å². The molecule has 1 aliphatic rings. The maximum absolute atomic E-state index is 3.95. The lowest BCUT2D eigenvalue weighted by molar-refractivity contribution is 0.282. The van der Waals surface area contributed by atoms with E-state index in [4.69, 9.17) is 0 Å². The van der Waals surface area contributed by atoms with Crippen LogP contribution >= 0.6 is 0 Å². The number of H-pyrrole nitrogens is 1. The molecule has 1 saturated heterocycles. The standard InChI is InChI=1S/C11H22N6/c1-2-6-17-7-3-4-10(5-8-17)12-9-11-13-15-16-14-11/h10,12H,2-9H2,1H3,(H,13,14,15,16). The summed E-state index contributed by atoms with van der Waals surface area (Å²) in [5.74, 6) is 0.750. The van der Waals surface area contributed by atoms with Crippen molar-refractivity contribution in [1.82, 2.24) is 30.8 Å². The van der Waals surface area contributed by atoms with Crippen LogP contribution in [-0.4, -0.2) is 51.2 Å². The molecule has 0 bridgehead atoms. The van der Waals surface area contributed by atoms with Gasteiger partial charge < -0.3 is 10.2 Å². The Bertz CT molecular complexity index is 299. The van der Waals surface area contributed by atoms with E-state index in [0.29, 0.717) is 6.04 Å². The largest absolute Gasteiger partial charge is 0.307 e. The van der Waals surface area contributed by atoms with Gasteiger partial charge in [-0.15, -0.1) is 10.2 Å². The third kappa shape index (κ3) is 4.05. The Kier molecular flexibility index (Phi) is 4.88. The molecular formula is C11H22N6. The smallest absolute Gasteiger partial charge is 0.188 e. The Morgan fingerprint density at radius 1 is 1.41 bits per heavy atom. The van der Waals surface area contributed by atoms with Gasteiger partial charge >= 0.3 is 0 Å². The lowest BCUT2D eigenvalue weighted by Crippen LogP contribution is -2.31. The van der Waals surface area contributed by atoms with E-state index in [1.807, 2.05) is 0 Å². The van der Waals surface area contributed by atoms with Gasteiger partial charge in [-0.1, -0.05) is 12.1 Å². The second-order valence-electron chi connectivity index (χ2n) is 4.68. The predicted molar refractivity (Wildman–Crippen MR) is 65.4 cm³/mol. The Labute approximate surface area is 102 Å². The van der Waals surface area contributed by atoms with Crippen LogP contribution < -0.4 is 5.32 Å². The zero-order valence-corrected chi connectivity index (χ0v) is 10.5. The second kappa shape index (κ2) is 6.66. The summed E-state index contributed by atoms with van der Waals surface area (Å²) >= 11 is 0. The van der Waals surface area contributed by atoms with Crippen molar-refractivity contribution in [2.24, 2.45) is 0 Å². The topological polar surface area (TPSA) is 69.7 Å². The molecule has 0 aliphatic carbocycles. The number of rotatable bonds is 5. The molecule has 1 atom stereocenters. The summed E-state index contributed by atoms with van der Waals surface area (Å²) in [4.78, 5) is 2.57. The van der Waals surface area contributed by atoms with Gasteiger partial charge in [-0.05, 0) is 45.3 Å². The maximum atomic E-state index is 3.95. The molecule has 96 valence electrons. The minimum atomic E-state index is 0.593. The van der Waals surface area contributed by atoms with E-state index in [0.717, 1.165) is 12.4 Å². The van der Waals surface area contributed by atoms with Crippen LogP contribution in [-0.2, 0) is 6.54 Å². The van der Waals surface area contributed by atoms with E-state index in [1.54, 1.807) is 0 Å². The number of nitrogens with one attached hydrogen (secondary N) is 2. The van der Waals surface area contributed by atoms with Crippen molar-refractivity contribution in [2.45, 2.75) is 45.2 Å². The maximum Gasteiger partial charge on any atom is 0.188 e. The van der Waals surface area contributed by atoms with Crippen LogP contribution in [0.1, 0.15) is 38.4 Å². The van der Waals surface area contributed by atoms with Crippen molar-refractivity contribution in [2.75, 3.05) is 19.6 Å². The summed E-state index contributed by atoms with van der Waals surface area (Å²) in [5, 5.41) is 17.4. The Balaban J connectivity index is 1.71. The van der Waals surface area contributed by atoms with E-state index in [9.17, 15) is 0 Å². The molecule has 1 aromatic rings. The molecule has 1 fully saturated rings. The van der Waals surface area contributed by atoms with Crippen LogP contribution in [0.2, 0.25) is 0 Å². The van der Waals surface area contributed by atoms with Gasteiger partial charge in [-0.2, -0.15) is 5.21 Å². The quantitative estimate of drug-likeness (QED) is 0.784. The van der Waals surface area contributed by atoms with Crippen LogP contribution in [0.5, 0.6) is 0 Å². The normalized spacial score (nSPS) is 22.5. The van der Waals surface area contributed by atoms with Crippen LogP contribution in [0.4, 0.5) is 0 Å². The van der Waals surface area contributed by atoms with Gasteiger partial charge in [0.15, 0.2) is 5.82 Å². The summed E-state index contributed by atoms with van der Waals surface area (Å²) < 4.78 is 0. The first-order valence-electron chi connectivity index (χ1n) is 6.56. The van der Waals surface area contributed by atoms with Crippen molar-refractivity contribution >= 4 is 0 Å². The zero-order valence-electron chi connectivity index (χ0n) is 10.5. The molecule has 2 rings (SSSR count). The highest BCUT2D eigenvalue weighted by Gasteiger charge is 2.16. The van der Waals surface area contributed by atoms with Gasteiger partial charge in [-0.3, -0.25) is 0 Å². The molecule has 2 N–H and O–H groups in total. The molecule has 0 saturated carbocycles. The van der Waals surface area contributed by atoms with Crippen molar-refractivity contribution in [3.8, 4) is 0 Å². The lowest BCUT2D eigenvalue weighted by Gasteiger charge is -2.19. The third-order valence-corrected chi connectivity index (χ3v) is 3.30. The SMILES string of the molecule is CCCN1CCCC(NCc2nn[nH]n2)CC1. The molecule has 6 heteroatoms. The lowest BCUT2D eigenvalue weighted by atomic mass is 10.1. The van der Waals surface area contributed by atoms with Gasteiger partial charge in [0.25, 0.3) is 0 Å². The Morgan fingerprint density at radius 2 is 2.35 bits per heavy atom. The predicted octanol–water partition coefficient (Wildman–Crippen LogP) is 0.554. The van der Waals surface area contributed by atoms with E-state index in [-0.39, 0.29) is 0 Å². The molecule has 1 aliphatic heterocycles. The van der Waals surface area contributed by atoms with Crippen molar-refractivity contribution in [3.05, 3.63) is 5.82 Å². The number of hydrogen-bond donors (Lipinski definition) is 2. The van der Waals surface area contributed by atoms with Gasteiger partial charge in [0.2, 0.25) is 0 Å². The molecule has 1 unspecified atom stereocenters. The highest BCUT2D eigenvalue weighted by molar-refractivity contribution is 4.80. The summed E-state index contributed by atoms with van der Waals surface area (Å²) in [5.41, 5.74) is 0. The minimum absolute atomic E-state index is 0.593. The van der Waals surface area contributed by atoms with Gasteiger partial charge in [0, 0.05) is 6.04 Å². The first-order valence-corrected chi connectivity index (χ1v) is 6.56. The fraction of sp³-hybridized carbons (Fsp3) is 0.909. The fourth-order valence-electron chi connectivity index (χ4n) is 2.39. The molecule has 6 nitrogen and oxygen atoms in total. The average molecular weight is 238 g/mol. The number of tetrazole rings is 1. The Morgan fingerprint density at radius 3 is 3.12 bits per heavy atom. The highest BCUT2D eigenvalue weighted by atomic mass is 15.5. The van der Waals surface area contributed by atoms with Crippen molar-refractivity contribution in [1.29, 1.82) is 0 Å². The van der Waals surface area contributed by atoms with Crippen molar-refractivity contribution < 1.29 is 0 Å². The Hall–Kier alpha value is -1.01. The molecule has 1 aromatic heterocycles. The van der Waals surface area contributed by atoms with Gasteiger partial charge in [0.05, 0.1) is 6.54 Å². The molecule has 2 heterocycles. The fourth-order valence-corrected chi connectivity index (χ4v) is 2.39. The average Bonchev–Trinajstić information content (AvgIpc) is 2.75. The van der Waals surface area contributed by atoms with Crippen molar-refractivity contribution in [3.63, 3.8) is 0 Å². The number of hydrogen-bond acceptors (Lipinski definition) is 5.